The van der Waals surface area contributed by atoms with Gasteiger partial charge in [-0.2, -0.15) is 0 Å². The molecule has 0 heterocycles. The predicted octanol–water partition coefficient (Wildman–Crippen LogP) is 2.31. The van der Waals surface area contributed by atoms with E-state index in [2.05, 4.69) is 12.2 Å². The van der Waals surface area contributed by atoms with Crippen LogP contribution in [0.3, 0.4) is 0 Å². The summed E-state index contributed by atoms with van der Waals surface area (Å²) in [6.45, 7) is 2.87. The topological polar surface area (TPSA) is 55.4 Å². The van der Waals surface area contributed by atoms with Crippen LogP contribution in [0.1, 0.15) is 37.8 Å². The van der Waals surface area contributed by atoms with Gasteiger partial charge in [-0.25, -0.2) is 8.42 Å². The Morgan fingerprint density at radius 1 is 1.30 bits per heavy atom. The van der Waals surface area contributed by atoms with E-state index in [0.29, 0.717) is 6.10 Å². The fraction of sp³-hybridized carbons (Fsp3) is 0.600. The van der Waals surface area contributed by atoms with Crippen molar-refractivity contribution in [2.24, 2.45) is 0 Å². The fourth-order valence-electron chi connectivity index (χ4n) is 2.05. The van der Waals surface area contributed by atoms with Crippen molar-refractivity contribution < 1.29 is 13.2 Å². The van der Waals surface area contributed by atoms with Gasteiger partial charge in [-0.3, -0.25) is 0 Å². The summed E-state index contributed by atoms with van der Waals surface area (Å²) in [4.78, 5) is 0. The van der Waals surface area contributed by atoms with Crippen molar-refractivity contribution >= 4 is 9.84 Å². The molecule has 0 amide bonds. The van der Waals surface area contributed by atoms with Crippen LogP contribution >= 0.6 is 0 Å². The molecular formula is C15H23NO3S. The smallest absolute Gasteiger partial charge is 0.149 e. The van der Waals surface area contributed by atoms with E-state index in [1.165, 1.54) is 6.26 Å². The summed E-state index contributed by atoms with van der Waals surface area (Å²) >= 11 is 0. The van der Waals surface area contributed by atoms with Gasteiger partial charge in [0.05, 0.1) is 11.9 Å². The molecule has 0 aliphatic heterocycles. The number of hydrogen-bond acceptors (Lipinski definition) is 4. The molecular weight excluding hydrogens is 274 g/mol. The molecule has 0 bridgehead atoms. The van der Waals surface area contributed by atoms with Crippen molar-refractivity contribution in [3.8, 4) is 5.75 Å². The van der Waals surface area contributed by atoms with Crippen LogP contribution in [0.5, 0.6) is 5.75 Å². The van der Waals surface area contributed by atoms with E-state index in [4.69, 9.17) is 4.74 Å². The van der Waals surface area contributed by atoms with Crippen molar-refractivity contribution in [1.82, 2.24) is 5.32 Å². The normalized spacial score (nSPS) is 16.9. The molecule has 0 radical (unpaired) electrons. The molecule has 5 heteroatoms. The number of rotatable bonds is 8. The molecule has 0 spiro atoms. The highest BCUT2D eigenvalue weighted by Crippen LogP contribution is 2.27. The first-order valence-corrected chi connectivity index (χ1v) is 9.21. The van der Waals surface area contributed by atoms with Crippen LogP contribution in [-0.4, -0.2) is 33.1 Å². The maximum absolute atomic E-state index is 11.5. The van der Waals surface area contributed by atoms with Crippen molar-refractivity contribution in [3.63, 3.8) is 0 Å². The molecule has 1 fully saturated rings. The molecule has 1 aromatic rings. The molecule has 1 unspecified atom stereocenters. The molecule has 1 atom stereocenters. The number of benzene rings is 1. The standard InChI is InChI=1S/C15H23NO3S/c1-3-10-16-15(11-20(2,17)18)12-4-6-13(7-5-12)19-14-8-9-14/h4-7,14-16H,3,8-11H2,1-2H3. The lowest BCUT2D eigenvalue weighted by atomic mass is 10.1. The van der Waals surface area contributed by atoms with Crippen LogP contribution in [0.4, 0.5) is 0 Å². The maximum Gasteiger partial charge on any atom is 0.149 e. The maximum atomic E-state index is 11.5. The zero-order valence-electron chi connectivity index (χ0n) is 12.1. The highest BCUT2D eigenvalue weighted by molar-refractivity contribution is 7.90. The first-order chi connectivity index (χ1) is 9.48. The number of hydrogen-bond donors (Lipinski definition) is 1. The summed E-state index contributed by atoms with van der Waals surface area (Å²) in [5, 5.41) is 3.29. The Labute approximate surface area is 121 Å². The molecule has 1 aliphatic carbocycles. The molecule has 1 N–H and O–H groups in total. The quantitative estimate of drug-likeness (QED) is 0.800. The van der Waals surface area contributed by atoms with Crippen molar-refractivity contribution in [2.75, 3.05) is 18.6 Å². The minimum absolute atomic E-state index is 0.121. The fourth-order valence-corrected chi connectivity index (χ4v) is 2.97. The van der Waals surface area contributed by atoms with Gasteiger partial charge >= 0.3 is 0 Å². The molecule has 4 nitrogen and oxygen atoms in total. The van der Waals surface area contributed by atoms with Crippen molar-refractivity contribution in [2.45, 2.75) is 38.3 Å². The van der Waals surface area contributed by atoms with Gasteiger partial charge in [0.2, 0.25) is 0 Å². The Morgan fingerprint density at radius 2 is 1.95 bits per heavy atom. The summed E-state index contributed by atoms with van der Waals surface area (Å²) in [7, 11) is -3.01. The first-order valence-electron chi connectivity index (χ1n) is 7.15. The van der Waals surface area contributed by atoms with E-state index in [9.17, 15) is 8.42 Å². The van der Waals surface area contributed by atoms with Gasteiger partial charge in [-0.15, -0.1) is 0 Å². The second-order valence-electron chi connectivity index (χ2n) is 5.49. The molecule has 2 rings (SSSR count). The molecule has 112 valence electrons. The highest BCUT2D eigenvalue weighted by atomic mass is 32.2. The van der Waals surface area contributed by atoms with Crippen LogP contribution in [0, 0.1) is 0 Å². The highest BCUT2D eigenvalue weighted by Gasteiger charge is 2.23. The Morgan fingerprint density at radius 3 is 2.45 bits per heavy atom. The third-order valence-electron chi connectivity index (χ3n) is 3.22. The van der Waals surface area contributed by atoms with Gasteiger partial charge in [0.15, 0.2) is 0 Å². The summed E-state index contributed by atoms with van der Waals surface area (Å²) in [6, 6.07) is 7.61. The molecule has 1 aromatic carbocycles. The molecule has 1 saturated carbocycles. The second-order valence-corrected chi connectivity index (χ2v) is 7.67. The van der Waals surface area contributed by atoms with Crippen LogP contribution in [0.15, 0.2) is 24.3 Å². The van der Waals surface area contributed by atoms with Crippen LogP contribution in [0.25, 0.3) is 0 Å². The Hall–Kier alpha value is -1.07. The average Bonchev–Trinajstić information content (AvgIpc) is 3.18. The largest absolute Gasteiger partial charge is 0.490 e. The minimum atomic E-state index is -3.01. The number of nitrogens with one attached hydrogen (secondary N) is 1. The van der Waals surface area contributed by atoms with Gasteiger partial charge in [-0.1, -0.05) is 19.1 Å². The monoisotopic (exact) mass is 297 g/mol. The Kier molecular flexibility index (Phi) is 5.05. The third kappa shape index (κ3) is 5.13. The lowest BCUT2D eigenvalue weighted by Gasteiger charge is -2.18. The van der Waals surface area contributed by atoms with E-state index in [0.717, 1.165) is 37.1 Å². The van der Waals surface area contributed by atoms with E-state index in [1.807, 2.05) is 24.3 Å². The zero-order chi connectivity index (χ0) is 14.6. The van der Waals surface area contributed by atoms with Gasteiger partial charge < -0.3 is 10.1 Å². The Balaban J connectivity index is 2.05. The predicted molar refractivity (Wildman–Crippen MR) is 80.8 cm³/mol. The minimum Gasteiger partial charge on any atom is -0.490 e. The van der Waals surface area contributed by atoms with Crippen molar-refractivity contribution in [1.29, 1.82) is 0 Å². The lowest BCUT2D eigenvalue weighted by Crippen LogP contribution is -2.28. The average molecular weight is 297 g/mol. The SMILES string of the molecule is CCCNC(CS(C)(=O)=O)c1ccc(OC2CC2)cc1. The van der Waals surface area contributed by atoms with Gasteiger partial charge in [-0.05, 0) is 43.5 Å². The Bertz CT molecular complexity index is 521. The van der Waals surface area contributed by atoms with E-state index in [1.54, 1.807) is 0 Å². The first kappa shape index (κ1) is 15.3. The molecule has 1 aliphatic rings. The lowest BCUT2D eigenvalue weighted by molar-refractivity contribution is 0.303. The molecule has 20 heavy (non-hydrogen) atoms. The van der Waals surface area contributed by atoms with Crippen LogP contribution in [-0.2, 0) is 9.84 Å². The summed E-state index contributed by atoms with van der Waals surface area (Å²) in [5.41, 5.74) is 0.993. The van der Waals surface area contributed by atoms with E-state index < -0.39 is 9.84 Å². The molecule has 0 saturated heterocycles. The second kappa shape index (κ2) is 6.59. The van der Waals surface area contributed by atoms with Crippen molar-refractivity contribution in [3.05, 3.63) is 29.8 Å². The molecule has 0 aromatic heterocycles. The van der Waals surface area contributed by atoms with E-state index >= 15 is 0 Å². The van der Waals surface area contributed by atoms with E-state index in [-0.39, 0.29) is 11.8 Å². The number of ether oxygens (including phenoxy) is 1. The van der Waals surface area contributed by atoms with Crippen LogP contribution in [0.2, 0.25) is 0 Å². The number of sulfone groups is 1. The van der Waals surface area contributed by atoms with Gasteiger partial charge in [0.1, 0.15) is 15.6 Å². The summed E-state index contributed by atoms with van der Waals surface area (Å²) in [5.74, 6) is 0.986. The third-order valence-corrected chi connectivity index (χ3v) is 4.16. The van der Waals surface area contributed by atoms with Gasteiger partial charge in [0.25, 0.3) is 0 Å². The van der Waals surface area contributed by atoms with Gasteiger partial charge in [0, 0.05) is 12.3 Å². The zero-order valence-corrected chi connectivity index (χ0v) is 12.9. The van der Waals surface area contributed by atoms with Crippen LogP contribution < -0.4 is 10.1 Å². The summed E-state index contributed by atoms with van der Waals surface area (Å²) in [6.07, 6.45) is 4.90. The summed E-state index contributed by atoms with van der Waals surface area (Å²) < 4.78 is 28.8.